The molecular formula is C8H12. The van der Waals surface area contributed by atoms with E-state index in [0.29, 0.717) is 5.41 Å². The van der Waals surface area contributed by atoms with E-state index < -0.39 is 0 Å². The second-order valence-corrected chi connectivity index (χ2v) is 2.47. The second-order valence-electron chi connectivity index (χ2n) is 2.47. The van der Waals surface area contributed by atoms with E-state index in [1.54, 1.807) is 0 Å². The van der Waals surface area contributed by atoms with E-state index in [9.17, 15) is 0 Å². The molecule has 1 aliphatic carbocycles. The van der Waals surface area contributed by atoms with Crippen LogP contribution in [0.15, 0.2) is 0 Å². The molecule has 0 saturated heterocycles. The highest BCUT2D eigenvalue weighted by molar-refractivity contribution is 5.24. The minimum Gasteiger partial charge on any atom is -0.101 e. The van der Waals surface area contributed by atoms with E-state index in [2.05, 4.69) is 25.7 Å². The van der Waals surface area contributed by atoms with Gasteiger partial charge in [0.1, 0.15) is 0 Å². The predicted octanol–water partition coefficient (Wildman–Crippen LogP) is 2.20. The summed E-state index contributed by atoms with van der Waals surface area (Å²) in [6, 6.07) is 0. The van der Waals surface area contributed by atoms with Crippen LogP contribution in [0.25, 0.3) is 0 Å². The van der Waals surface area contributed by atoms with Crippen molar-refractivity contribution in [1.82, 2.24) is 0 Å². The van der Waals surface area contributed by atoms with Crippen LogP contribution in [0, 0.1) is 17.3 Å². The van der Waals surface area contributed by atoms with Crippen molar-refractivity contribution in [2.45, 2.75) is 33.1 Å². The molecule has 0 unspecified atom stereocenters. The molecule has 1 aliphatic rings. The van der Waals surface area contributed by atoms with Crippen molar-refractivity contribution in [1.29, 1.82) is 0 Å². The third kappa shape index (κ3) is 0.629. The van der Waals surface area contributed by atoms with Crippen LogP contribution in [0.1, 0.15) is 33.1 Å². The van der Waals surface area contributed by atoms with Crippen LogP contribution in [0.5, 0.6) is 0 Å². The molecule has 0 heteroatoms. The van der Waals surface area contributed by atoms with Gasteiger partial charge >= 0.3 is 0 Å². The van der Waals surface area contributed by atoms with Crippen LogP contribution in [0.3, 0.4) is 0 Å². The van der Waals surface area contributed by atoms with Crippen molar-refractivity contribution in [2.24, 2.45) is 5.41 Å². The Morgan fingerprint density at radius 2 is 1.88 bits per heavy atom. The number of hydrogen-bond donors (Lipinski definition) is 0. The zero-order valence-electron chi connectivity index (χ0n) is 5.62. The van der Waals surface area contributed by atoms with Gasteiger partial charge in [0.25, 0.3) is 0 Å². The van der Waals surface area contributed by atoms with Crippen LogP contribution in [-0.4, -0.2) is 0 Å². The molecule has 0 atom stereocenters. The summed E-state index contributed by atoms with van der Waals surface area (Å²) in [5.74, 6) is 6.26. The molecule has 0 heterocycles. The predicted molar refractivity (Wildman–Crippen MR) is 35.4 cm³/mol. The average molecular weight is 108 g/mol. The first kappa shape index (κ1) is 5.69. The lowest BCUT2D eigenvalue weighted by Crippen LogP contribution is -2.21. The summed E-state index contributed by atoms with van der Waals surface area (Å²) in [6.45, 7) is 4.44. The van der Waals surface area contributed by atoms with Crippen molar-refractivity contribution >= 4 is 0 Å². The van der Waals surface area contributed by atoms with E-state index in [0.717, 1.165) is 6.42 Å². The number of hydrogen-bond acceptors (Lipinski definition) is 0. The van der Waals surface area contributed by atoms with Gasteiger partial charge in [0, 0.05) is 11.8 Å². The van der Waals surface area contributed by atoms with Crippen LogP contribution in [-0.2, 0) is 0 Å². The molecule has 0 N–H and O–H groups in total. The van der Waals surface area contributed by atoms with E-state index in [1.807, 2.05) is 0 Å². The van der Waals surface area contributed by atoms with Gasteiger partial charge in [-0.25, -0.2) is 0 Å². The normalized spacial score (nSPS) is 20.8. The Hall–Kier alpha value is -0.440. The van der Waals surface area contributed by atoms with Crippen molar-refractivity contribution in [3.05, 3.63) is 0 Å². The first-order valence-electron chi connectivity index (χ1n) is 3.33. The molecule has 0 radical (unpaired) electrons. The standard InChI is InChI=1S/C8H12/c1-3-8(4-2)6-5-7-8/h3-4,6H2,1-2H3. The molecule has 0 aliphatic heterocycles. The fourth-order valence-electron chi connectivity index (χ4n) is 1.02. The van der Waals surface area contributed by atoms with Gasteiger partial charge in [-0.1, -0.05) is 19.8 Å². The van der Waals surface area contributed by atoms with Gasteiger partial charge < -0.3 is 0 Å². The van der Waals surface area contributed by atoms with Crippen LogP contribution >= 0.6 is 0 Å². The minimum atomic E-state index is 0.444. The summed E-state index contributed by atoms with van der Waals surface area (Å²) in [5, 5.41) is 0. The van der Waals surface area contributed by atoms with E-state index in [-0.39, 0.29) is 0 Å². The molecule has 0 spiro atoms. The van der Waals surface area contributed by atoms with Gasteiger partial charge in [-0.2, -0.15) is 0 Å². The minimum absolute atomic E-state index is 0.444. The monoisotopic (exact) mass is 108 g/mol. The first-order chi connectivity index (χ1) is 3.83. The Labute approximate surface area is 51.3 Å². The molecular weight excluding hydrogens is 96.1 g/mol. The van der Waals surface area contributed by atoms with Gasteiger partial charge in [-0.05, 0) is 12.8 Å². The van der Waals surface area contributed by atoms with E-state index in [1.165, 1.54) is 12.8 Å². The summed E-state index contributed by atoms with van der Waals surface area (Å²) >= 11 is 0. The molecule has 44 valence electrons. The van der Waals surface area contributed by atoms with Crippen molar-refractivity contribution in [3.63, 3.8) is 0 Å². The van der Waals surface area contributed by atoms with E-state index in [4.69, 9.17) is 0 Å². The smallest absolute Gasteiger partial charge is 0.0418 e. The Morgan fingerprint density at radius 1 is 1.38 bits per heavy atom. The molecule has 0 aromatic heterocycles. The summed E-state index contributed by atoms with van der Waals surface area (Å²) in [7, 11) is 0. The molecule has 0 bridgehead atoms. The van der Waals surface area contributed by atoms with E-state index >= 15 is 0 Å². The van der Waals surface area contributed by atoms with Crippen LogP contribution in [0.4, 0.5) is 0 Å². The first-order valence-corrected chi connectivity index (χ1v) is 3.33. The zero-order chi connectivity index (χ0) is 6.04. The SMILES string of the molecule is CCC1(CC)C#CC1. The van der Waals surface area contributed by atoms with Gasteiger partial charge in [0.05, 0.1) is 0 Å². The lowest BCUT2D eigenvalue weighted by atomic mass is 9.75. The molecule has 1 rings (SSSR count). The summed E-state index contributed by atoms with van der Waals surface area (Å²) < 4.78 is 0. The second kappa shape index (κ2) is 1.82. The molecule has 0 aromatic rings. The van der Waals surface area contributed by atoms with Crippen molar-refractivity contribution in [2.75, 3.05) is 0 Å². The summed E-state index contributed by atoms with van der Waals surface area (Å²) in [5.41, 5.74) is 0.444. The van der Waals surface area contributed by atoms with Crippen LogP contribution < -0.4 is 0 Å². The Morgan fingerprint density at radius 3 is 1.88 bits per heavy atom. The molecule has 8 heavy (non-hydrogen) atoms. The Kier molecular flexibility index (Phi) is 1.29. The van der Waals surface area contributed by atoms with Gasteiger partial charge in [-0.3, -0.25) is 0 Å². The van der Waals surface area contributed by atoms with Crippen molar-refractivity contribution < 1.29 is 0 Å². The maximum Gasteiger partial charge on any atom is 0.0418 e. The van der Waals surface area contributed by atoms with Crippen molar-refractivity contribution in [3.8, 4) is 11.8 Å². The molecule has 0 saturated carbocycles. The molecule has 0 nitrogen and oxygen atoms in total. The highest BCUT2D eigenvalue weighted by Gasteiger charge is 2.26. The largest absolute Gasteiger partial charge is 0.101 e. The Bertz CT molecular complexity index is 130. The third-order valence-electron chi connectivity index (χ3n) is 2.13. The topological polar surface area (TPSA) is 0 Å². The van der Waals surface area contributed by atoms with Gasteiger partial charge in [0.15, 0.2) is 0 Å². The van der Waals surface area contributed by atoms with Crippen LogP contribution in [0.2, 0.25) is 0 Å². The zero-order valence-corrected chi connectivity index (χ0v) is 5.62. The average Bonchev–Trinajstić information content (AvgIpc) is 1.67. The highest BCUT2D eigenvalue weighted by atomic mass is 14.3. The fourth-order valence-corrected chi connectivity index (χ4v) is 1.02. The lowest BCUT2D eigenvalue weighted by Gasteiger charge is -2.28. The summed E-state index contributed by atoms with van der Waals surface area (Å²) in [6.07, 6.45) is 3.60. The highest BCUT2D eigenvalue weighted by Crippen LogP contribution is 2.33. The molecule has 0 amide bonds. The maximum absolute atomic E-state index is 3.21. The third-order valence-corrected chi connectivity index (χ3v) is 2.13. The fraction of sp³-hybridized carbons (Fsp3) is 0.750. The van der Waals surface area contributed by atoms with Gasteiger partial charge in [-0.15, -0.1) is 5.92 Å². The number of rotatable bonds is 2. The molecule has 0 aromatic carbocycles. The quantitative estimate of drug-likeness (QED) is 0.476. The maximum atomic E-state index is 3.21. The van der Waals surface area contributed by atoms with Gasteiger partial charge in [0.2, 0.25) is 0 Å². The lowest BCUT2D eigenvalue weighted by molar-refractivity contribution is 0.360. The summed E-state index contributed by atoms with van der Waals surface area (Å²) in [4.78, 5) is 0. The Balaban J connectivity index is 2.54. The molecule has 0 fully saturated rings.